The predicted molar refractivity (Wildman–Crippen MR) is 90.6 cm³/mol. The van der Waals surface area contributed by atoms with Crippen LogP contribution in [0.4, 0.5) is 5.69 Å². The Labute approximate surface area is 140 Å². The van der Waals surface area contributed by atoms with E-state index in [0.29, 0.717) is 5.56 Å². The molecule has 1 atom stereocenters. The second-order valence-corrected chi connectivity index (χ2v) is 6.95. The van der Waals surface area contributed by atoms with Crippen molar-refractivity contribution >= 4 is 27.5 Å². The first kappa shape index (κ1) is 17.7. The summed E-state index contributed by atoms with van der Waals surface area (Å²) in [6.07, 6.45) is -0.0115. The van der Waals surface area contributed by atoms with E-state index in [1.54, 1.807) is 42.5 Å². The molecule has 0 amide bonds. The fourth-order valence-corrected chi connectivity index (χ4v) is 2.64. The zero-order valence-electron chi connectivity index (χ0n) is 13.2. The van der Waals surface area contributed by atoms with Crippen molar-refractivity contribution in [3.05, 3.63) is 65.7 Å². The highest BCUT2D eigenvalue weighted by Crippen LogP contribution is 2.18. The fourth-order valence-electron chi connectivity index (χ4n) is 2.06. The first-order valence-electron chi connectivity index (χ1n) is 7.15. The highest BCUT2D eigenvalue weighted by atomic mass is 32.2. The number of nitrogens with one attached hydrogen (secondary N) is 1. The number of para-hydroxylation sites is 1. The summed E-state index contributed by atoms with van der Waals surface area (Å²) in [5.74, 6) is -1.11. The van der Waals surface area contributed by atoms with Crippen LogP contribution in [0, 0.1) is 0 Å². The zero-order chi connectivity index (χ0) is 17.7. The van der Waals surface area contributed by atoms with Crippen LogP contribution in [0.5, 0.6) is 0 Å². The second kappa shape index (κ2) is 7.27. The van der Waals surface area contributed by atoms with Gasteiger partial charge in [-0.15, -0.1) is 0 Å². The summed E-state index contributed by atoms with van der Waals surface area (Å²) in [5, 5.41) is 0. The average molecular weight is 347 g/mol. The zero-order valence-corrected chi connectivity index (χ0v) is 14.0. The number of hydrogen-bond acceptors (Lipinski definition) is 5. The van der Waals surface area contributed by atoms with Gasteiger partial charge in [0.15, 0.2) is 6.10 Å². The molecule has 0 saturated heterocycles. The van der Waals surface area contributed by atoms with E-state index >= 15 is 0 Å². The van der Waals surface area contributed by atoms with Crippen LogP contribution >= 0.6 is 0 Å². The molecule has 7 heteroatoms. The predicted octanol–water partition coefficient (Wildman–Crippen LogP) is 2.49. The molecule has 0 spiro atoms. The molecule has 0 aromatic heterocycles. The monoisotopic (exact) mass is 347 g/mol. The lowest BCUT2D eigenvalue weighted by Gasteiger charge is -2.14. The normalized spacial score (nSPS) is 12.2. The van der Waals surface area contributed by atoms with Gasteiger partial charge < -0.3 is 4.74 Å². The summed E-state index contributed by atoms with van der Waals surface area (Å²) < 4.78 is 30.2. The first-order valence-corrected chi connectivity index (χ1v) is 9.04. The maximum Gasteiger partial charge on any atom is 0.340 e. The second-order valence-electron chi connectivity index (χ2n) is 5.20. The van der Waals surface area contributed by atoms with Crippen molar-refractivity contribution in [3.63, 3.8) is 0 Å². The highest BCUT2D eigenvalue weighted by molar-refractivity contribution is 7.92. The van der Waals surface area contributed by atoms with Gasteiger partial charge in [0.05, 0.1) is 17.5 Å². The Balaban J connectivity index is 2.17. The Morgan fingerprint density at radius 1 is 1.00 bits per heavy atom. The van der Waals surface area contributed by atoms with Crippen LogP contribution in [0.15, 0.2) is 54.6 Å². The maximum atomic E-state index is 12.3. The van der Waals surface area contributed by atoms with Crippen molar-refractivity contribution < 1.29 is 22.7 Å². The van der Waals surface area contributed by atoms with E-state index in [0.717, 1.165) is 6.26 Å². The van der Waals surface area contributed by atoms with Crippen molar-refractivity contribution in [2.24, 2.45) is 0 Å². The van der Waals surface area contributed by atoms with Gasteiger partial charge in [-0.05, 0) is 19.1 Å². The van der Waals surface area contributed by atoms with Crippen molar-refractivity contribution in [3.8, 4) is 0 Å². The minimum Gasteiger partial charge on any atom is -0.451 e. The van der Waals surface area contributed by atoms with Crippen molar-refractivity contribution in [2.45, 2.75) is 13.0 Å². The summed E-state index contributed by atoms with van der Waals surface area (Å²) in [7, 11) is -3.55. The van der Waals surface area contributed by atoms with Gasteiger partial charge in [0.1, 0.15) is 0 Å². The fraction of sp³-hybridized carbons (Fsp3) is 0.176. The number of carbonyl (C=O) groups is 2. The van der Waals surface area contributed by atoms with Crippen LogP contribution in [0.25, 0.3) is 0 Å². The standard InChI is InChI=1S/C17H17NO5S/c1-12(16(19)13-8-4-3-5-9-13)23-17(20)14-10-6-7-11-15(14)18-24(2,21)22/h3-12,18H,1-2H3/t12-/m0/s1. The lowest BCUT2D eigenvalue weighted by atomic mass is 10.1. The van der Waals surface area contributed by atoms with E-state index in [4.69, 9.17) is 4.74 Å². The molecule has 0 radical (unpaired) electrons. The molecule has 0 aliphatic carbocycles. The third-order valence-corrected chi connectivity index (χ3v) is 3.74. The number of benzene rings is 2. The summed E-state index contributed by atoms with van der Waals surface area (Å²) in [6, 6.07) is 14.5. The van der Waals surface area contributed by atoms with Gasteiger partial charge in [-0.1, -0.05) is 42.5 Å². The number of sulfonamides is 1. The van der Waals surface area contributed by atoms with E-state index in [1.165, 1.54) is 19.1 Å². The van der Waals surface area contributed by atoms with E-state index in [2.05, 4.69) is 4.72 Å². The molecule has 0 bridgehead atoms. The van der Waals surface area contributed by atoms with Crippen molar-refractivity contribution in [1.29, 1.82) is 0 Å². The van der Waals surface area contributed by atoms with E-state index in [9.17, 15) is 18.0 Å². The van der Waals surface area contributed by atoms with Gasteiger partial charge >= 0.3 is 5.97 Å². The Kier molecular flexibility index (Phi) is 5.35. The molecule has 2 rings (SSSR count). The Morgan fingerprint density at radius 2 is 1.58 bits per heavy atom. The van der Waals surface area contributed by atoms with E-state index < -0.39 is 22.1 Å². The Morgan fingerprint density at radius 3 is 2.21 bits per heavy atom. The molecule has 0 fully saturated rings. The molecule has 0 aliphatic rings. The van der Waals surface area contributed by atoms with Crippen LogP contribution in [0.3, 0.4) is 0 Å². The quantitative estimate of drug-likeness (QED) is 0.640. The molecule has 0 heterocycles. The van der Waals surface area contributed by atoms with Gasteiger partial charge in [-0.25, -0.2) is 13.2 Å². The summed E-state index contributed by atoms with van der Waals surface area (Å²) in [5.41, 5.74) is 0.570. The van der Waals surface area contributed by atoms with Gasteiger partial charge in [0, 0.05) is 5.56 Å². The minimum absolute atomic E-state index is 0.0376. The van der Waals surface area contributed by atoms with Crippen LogP contribution < -0.4 is 4.72 Å². The van der Waals surface area contributed by atoms with Gasteiger partial charge in [-0.2, -0.15) is 0 Å². The Bertz CT molecular complexity index is 846. The summed E-state index contributed by atoms with van der Waals surface area (Å²) in [4.78, 5) is 24.5. The summed E-state index contributed by atoms with van der Waals surface area (Å²) in [6.45, 7) is 1.47. The molecule has 0 unspecified atom stereocenters. The first-order chi connectivity index (χ1) is 11.3. The maximum absolute atomic E-state index is 12.3. The molecule has 1 N–H and O–H groups in total. The number of carbonyl (C=O) groups excluding carboxylic acids is 2. The van der Waals surface area contributed by atoms with Crippen molar-refractivity contribution in [1.82, 2.24) is 0 Å². The van der Waals surface area contributed by atoms with Crippen LogP contribution in [0.1, 0.15) is 27.6 Å². The topological polar surface area (TPSA) is 89.5 Å². The number of Topliss-reactive ketones (excluding diaryl/α,β-unsaturated/α-hetero) is 1. The third-order valence-electron chi connectivity index (χ3n) is 3.15. The number of hydrogen-bond donors (Lipinski definition) is 1. The average Bonchev–Trinajstić information content (AvgIpc) is 2.53. The number of ketones is 1. The van der Waals surface area contributed by atoms with Crippen LogP contribution in [0.2, 0.25) is 0 Å². The lowest BCUT2D eigenvalue weighted by molar-refractivity contribution is 0.0320. The molecule has 24 heavy (non-hydrogen) atoms. The van der Waals surface area contributed by atoms with E-state index in [-0.39, 0.29) is 17.0 Å². The molecule has 0 aliphatic heterocycles. The number of ether oxygens (including phenoxy) is 1. The van der Waals surface area contributed by atoms with Gasteiger partial charge in [-0.3, -0.25) is 9.52 Å². The number of esters is 1. The smallest absolute Gasteiger partial charge is 0.340 e. The Hall–Kier alpha value is -2.67. The molecule has 2 aromatic rings. The minimum atomic E-state index is -3.55. The van der Waals surface area contributed by atoms with E-state index in [1.807, 2.05) is 0 Å². The third kappa shape index (κ3) is 4.66. The molecular formula is C17H17NO5S. The van der Waals surface area contributed by atoms with Crippen molar-refractivity contribution in [2.75, 3.05) is 11.0 Å². The molecule has 2 aromatic carbocycles. The lowest BCUT2D eigenvalue weighted by Crippen LogP contribution is -2.25. The SMILES string of the molecule is C[C@H](OC(=O)c1ccccc1NS(C)(=O)=O)C(=O)c1ccccc1. The molecular weight excluding hydrogens is 330 g/mol. The molecule has 6 nitrogen and oxygen atoms in total. The number of anilines is 1. The van der Waals surface area contributed by atoms with Crippen LogP contribution in [-0.4, -0.2) is 32.5 Å². The van der Waals surface area contributed by atoms with Gasteiger partial charge in [0.2, 0.25) is 15.8 Å². The molecule has 126 valence electrons. The van der Waals surface area contributed by atoms with Gasteiger partial charge in [0.25, 0.3) is 0 Å². The highest BCUT2D eigenvalue weighted by Gasteiger charge is 2.22. The molecule has 0 saturated carbocycles. The number of rotatable bonds is 6. The summed E-state index contributed by atoms with van der Waals surface area (Å²) >= 11 is 0. The van der Waals surface area contributed by atoms with Crippen LogP contribution in [-0.2, 0) is 14.8 Å². The largest absolute Gasteiger partial charge is 0.451 e.